The Morgan fingerprint density at radius 1 is 0.886 bits per heavy atom. The van der Waals surface area contributed by atoms with Crippen molar-refractivity contribution in [1.29, 1.82) is 0 Å². The molecule has 2 amide bonds. The molecule has 5 nitrogen and oxygen atoms in total. The lowest BCUT2D eigenvalue weighted by molar-refractivity contribution is 0.248. The number of halogens is 2. The summed E-state index contributed by atoms with van der Waals surface area (Å²) in [6.07, 6.45) is 4.89. The third kappa shape index (κ3) is 7.54. The number of nitrogens with zero attached hydrogens (tertiary/aromatic N) is 1. The van der Waals surface area contributed by atoms with Crippen LogP contribution >= 0.6 is 0 Å². The van der Waals surface area contributed by atoms with Crippen LogP contribution in [0.2, 0.25) is 0 Å². The lowest BCUT2D eigenvalue weighted by Gasteiger charge is -2.30. The third-order valence-corrected chi connectivity index (χ3v) is 8.99. The maximum Gasteiger partial charge on any atom is 0.319 e. The van der Waals surface area contributed by atoms with Gasteiger partial charge in [-0.25, -0.2) is 13.6 Å². The number of rotatable bonds is 8. The van der Waals surface area contributed by atoms with Gasteiger partial charge >= 0.3 is 6.03 Å². The highest BCUT2D eigenvalue weighted by atomic mass is 19.1. The van der Waals surface area contributed by atoms with E-state index in [4.69, 9.17) is 0 Å². The Bertz CT molecular complexity index is 1440. The zero-order valence-corrected chi connectivity index (χ0v) is 27.6. The first kappa shape index (κ1) is 33.3. The number of amides is 2. The van der Waals surface area contributed by atoms with Crippen molar-refractivity contribution in [3.63, 3.8) is 0 Å². The van der Waals surface area contributed by atoms with Crippen LogP contribution in [0.5, 0.6) is 5.75 Å². The van der Waals surface area contributed by atoms with E-state index in [1.807, 2.05) is 26.2 Å². The number of urea groups is 1. The van der Waals surface area contributed by atoms with Crippen molar-refractivity contribution in [2.45, 2.75) is 96.3 Å². The van der Waals surface area contributed by atoms with E-state index in [0.717, 1.165) is 54.1 Å². The largest absolute Gasteiger partial charge is 0.507 e. The monoisotopic (exact) mass is 605 g/mol. The molecule has 0 spiro atoms. The molecule has 7 heteroatoms. The van der Waals surface area contributed by atoms with Crippen LogP contribution in [0.15, 0.2) is 48.5 Å². The van der Waals surface area contributed by atoms with Crippen LogP contribution in [-0.4, -0.2) is 31.8 Å². The molecule has 0 atom stereocenters. The van der Waals surface area contributed by atoms with Gasteiger partial charge in [-0.05, 0) is 82.5 Å². The number of anilines is 2. The predicted octanol–water partition coefficient (Wildman–Crippen LogP) is 8.75. The molecule has 1 saturated carbocycles. The van der Waals surface area contributed by atoms with E-state index in [-0.39, 0.29) is 21.9 Å². The normalized spacial score (nSPS) is 14.9. The Labute approximate surface area is 262 Å². The van der Waals surface area contributed by atoms with E-state index in [2.05, 4.69) is 81.3 Å². The van der Waals surface area contributed by atoms with Crippen LogP contribution in [0.25, 0.3) is 0 Å². The van der Waals surface area contributed by atoms with Crippen LogP contribution in [0.3, 0.4) is 0 Å². The minimum atomic E-state index is -0.804. The summed E-state index contributed by atoms with van der Waals surface area (Å²) >= 11 is 0. The summed E-state index contributed by atoms with van der Waals surface area (Å²) in [5.41, 5.74) is 4.54. The Morgan fingerprint density at radius 3 is 1.98 bits per heavy atom. The lowest BCUT2D eigenvalue weighted by Crippen LogP contribution is -2.41. The summed E-state index contributed by atoms with van der Waals surface area (Å²) in [6, 6.07) is 14.0. The average Bonchev–Trinajstić information content (AvgIpc) is 3.42. The SMILES string of the molecule is CN(C)c1ccc(C2(CNC(=O)Nc3c(F)cc(F)cc3CCc3cc(C(C)(C)C)c(O)c(C(C)(C)C)c3)CCCC2)cc1. The first-order valence-electron chi connectivity index (χ1n) is 15.7. The number of aryl methyl sites for hydroxylation is 2. The van der Waals surface area contributed by atoms with Crippen LogP contribution in [0, 0.1) is 11.6 Å². The molecular formula is C37H49F2N3O2. The number of phenols is 1. The molecule has 238 valence electrons. The maximum absolute atomic E-state index is 15.2. The van der Waals surface area contributed by atoms with Gasteiger partial charge in [0, 0.05) is 37.8 Å². The smallest absolute Gasteiger partial charge is 0.319 e. The number of carbonyl (C=O) groups is 1. The third-order valence-electron chi connectivity index (χ3n) is 8.99. The van der Waals surface area contributed by atoms with E-state index < -0.39 is 17.7 Å². The van der Waals surface area contributed by atoms with Crippen molar-refractivity contribution in [3.8, 4) is 5.75 Å². The molecule has 1 aliphatic rings. The quantitative estimate of drug-likeness (QED) is 0.241. The molecule has 0 radical (unpaired) electrons. The van der Waals surface area contributed by atoms with Gasteiger partial charge in [0.2, 0.25) is 0 Å². The van der Waals surface area contributed by atoms with Gasteiger partial charge in [0.05, 0.1) is 5.69 Å². The fraction of sp³-hybridized carbons (Fsp3) is 0.486. The Morgan fingerprint density at radius 2 is 1.45 bits per heavy atom. The van der Waals surface area contributed by atoms with Crippen LogP contribution in [0.4, 0.5) is 25.0 Å². The van der Waals surface area contributed by atoms with Gasteiger partial charge in [-0.15, -0.1) is 0 Å². The summed E-state index contributed by atoms with van der Waals surface area (Å²) in [7, 11) is 4.01. The fourth-order valence-corrected chi connectivity index (χ4v) is 6.36. The van der Waals surface area contributed by atoms with Crippen molar-refractivity contribution in [1.82, 2.24) is 5.32 Å². The summed E-state index contributed by atoms with van der Waals surface area (Å²) in [6.45, 7) is 12.7. The minimum Gasteiger partial charge on any atom is -0.507 e. The highest BCUT2D eigenvalue weighted by molar-refractivity contribution is 5.90. The highest BCUT2D eigenvalue weighted by Crippen LogP contribution is 2.42. The summed E-state index contributed by atoms with van der Waals surface area (Å²) in [5.74, 6) is -1.20. The van der Waals surface area contributed by atoms with Gasteiger partial charge < -0.3 is 20.6 Å². The van der Waals surface area contributed by atoms with Gasteiger partial charge in [0.25, 0.3) is 0 Å². The van der Waals surface area contributed by atoms with Gasteiger partial charge in [-0.2, -0.15) is 0 Å². The number of aromatic hydroxyl groups is 1. The topological polar surface area (TPSA) is 64.6 Å². The van der Waals surface area contributed by atoms with Crippen LogP contribution in [0.1, 0.15) is 95.0 Å². The second-order valence-corrected chi connectivity index (χ2v) is 14.7. The number of nitrogens with one attached hydrogen (secondary N) is 2. The number of carbonyl (C=O) groups excluding carboxylic acids is 1. The molecule has 1 fully saturated rings. The summed E-state index contributed by atoms with van der Waals surface area (Å²) in [4.78, 5) is 15.2. The number of hydrogen-bond donors (Lipinski definition) is 3. The van der Waals surface area contributed by atoms with Crippen LogP contribution < -0.4 is 15.5 Å². The summed E-state index contributed by atoms with van der Waals surface area (Å²) < 4.78 is 29.6. The van der Waals surface area contributed by atoms with E-state index in [1.165, 1.54) is 11.6 Å². The Kier molecular flexibility index (Phi) is 9.67. The zero-order chi connectivity index (χ0) is 32.4. The molecular weight excluding hydrogens is 556 g/mol. The molecule has 1 aliphatic carbocycles. The van der Waals surface area contributed by atoms with Crippen molar-refractivity contribution in [3.05, 3.63) is 88.0 Å². The van der Waals surface area contributed by atoms with Crippen molar-refractivity contribution >= 4 is 17.4 Å². The molecule has 4 rings (SSSR count). The van der Waals surface area contributed by atoms with Gasteiger partial charge in [-0.3, -0.25) is 0 Å². The fourth-order valence-electron chi connectivity index (χ4n) is 6.36. The first-order valence-corrected chi connectivity index (χ1v) is 15.7. The standard InChI is InChI=1S/C37H49F2N3O2/c1-35(2,3)29-19-24(20-30(33(29)43)36(4,5)6)11-12-25-21-27(38)22-31(39)32(25)41-34(44)40-23-37(17-9-10-18-37)26-13-15-28(16-14-26)42(7)8/h13-16,19-22,43H,9-12,17-18,23H2,1-8H3,(H2,40,41,44). The van der Waals surface area contributed by atoms with Crippen molar-refractivity contribution in [2.24, 2.45) is 0 Å². The van der Waals surface area contributed by atoms with Crippen molar-refractivity contribution in [2.75, 3.05) is 30.9 Å². The first-order chi connectivity index (χ1) is 20.5. The van der Waals surface area contributed by atoms with Crippen molar-refractivity contribution < 1.29 is 18.7 Å². The number of hydrogen-bond acceptors (Lipinski definition) is 3. The lowest BCUT2D eigenvalue weighted by atomic mass is 9.78. The highest BCUT2D eigenvalue weighted by Gasteiger charge is 2.36. The Balaban J connectivity index is 1.53. The number of phenolic OH excluding ortho intramolecular Hbond substituents is 1. The molecule has 44 heavy (non-hydrogen) atoms. The molecule has 3 aromatic rings. The molecule has 0 heterocycles. The molecule has 0 bridgehead atoms. The van der Waals surface area contributed by atoms with Gasteiger partial charge in [-0.1, -0.05) is 78.6 Å². The molecule has 3 N–H and O–H groups in total. The molecule has 0 saturated heterocycles. The van der Waals surface area contributed by atoms with E-state index in [1.54, 1.807) is 0 Å². The average molecular weight is 606 g/mol. The van der Waals surface area contributed by atoms with Gasteiger partial charge in [0.1, 0.15) is 17.4 Å². The number of benzene rings is 3. The molecule has 3 aromatic carbocycles. The van der Waals surface area contributed by atoms with Crippen LogP contribution in [-0.2, 0) is 29.1 Å². The molecule has 0 aliphatic heterocycles. The predicted molar refractivity (Wildman–Crippen MR) is 177 cm³/mol. The van der Waals surface area contributed by atoms with Gasteiger partial charge in [0.15, 0.2) is 0 Å². The van der Waals surface area contributed by atoms with E-state index >= 15 is 4.39 Å². The minimum absolute atomic E-state index is 0.00873. The maximum atomic E-state index is 15.2. The molecule has 0 unspecified atom stereocenters. The second kappa shape index (κ2) is 12.8. The summed E-state index contributed by atoms with van der Waals surface area (Å²) in [5, 5.41) is 16.8. The molecule has 0 aromatic heterocycles. The Hall–Kier alpha value is -3.61. The van der Waals surface area contributed by atoms with E-state index in [9.17, 15) is 14.3 Å². The van der Waals surface area contributed by atoms with E-state index in [0.29, 0.717) is 30.7 Å². The zero-order valence-electron chi connectivity index (χ0n) is 27.6. The second-order valence-electron chi connectivity index (χ2n) is 14.7.